The van der Waals surface area contributed by atoms with E-state index < -0.39 is 0 Å². The predicted octanol–water partition coefficient (Wildman–Crippen LogP) is 4.04. The Morgan fingerprint density at radius 3 is 2.46 bits per heavy atom. The molecule has 3 aromatic rings. The van der Waals surface area contributed by atoms with E-state index in [2.05, 4.69) is 25.7 Å². The molecule has 0 saturated heterocycles. The van der Waals surface area contributed by atoms with Gasteiger partial charge >= 0.3 is 0 Å². The number of anilines is 1. The second-order valence-corrected chi connectivity index (χ2v) is 5.20. The molecule has 5 heteroatoms. The molecule has 0 bridgehead atoms. The average molecular weight is 315 g/mol. The van der Waals surface area contributed by atoms with Crippen LogP contribution in [0.2, 0.25) is 0 Å². The van der Waals surface area contributed by atoms with Gasteiger partial charge < -0.3 is 0 Å². The summed E-state index contributed by atoms with van der Waals surface area (Å²) >= 11 is 0. The van der Waals surface area contributed by atoms with E-state index in [4.69, 9.17) is 0 Å². The highest BCUT2D eigenvalue weighted by Gasteiger charge is 2.01. The van der Waals surface area contributed by atoms with Gasteiger partial charge in [-0.1, -0.05) is 66.7 Å². The first-order valence-electron chi connectivity index (χ1n) is 7.59. The fraction of sp³-hybridized carbons (Fsp3) is 0.0526. The van der Waals surface area contributed by atoms with Crippen LogP contribution in [-0.4, -0.2) is 21.4 Å². The van der Waals surface area contributed by atoms with Crippen LogP contribution in [0, 0.1) is 0 Å². The molecule has 118 valence electrons. The summed E-state index contributed by atoms with van der Waals surface area (Å²) in [6.07, 6.45) is 5.40. The number of nitrogens with one attached hydrogen (secondary N) is 1. The van der Waals surface area contributed by atoms with E-state index in [9.17, 15) is 0 Å². The second-order valence-electron chi connectivity index (χ2n) is 5.20. The van der Waals surface area contributed by atoms with Crippen molar-refractivity contribution in [3.8, 4) is 11.3 Å². The number of aromatic nitrogens is 3. The van der Waals surface area contributed by atoms with E-state index in [1.54, 1.807) is 12.4 Å². The van der Waals surface area contributed by atoms with E-state index in [0.717, 1.165) is 22.4 Å². The van der Waals surface area contributed by atoms with Crippen molar-refractivity contribution >= 4 is 18.2 Å². The van der Waals surface area contributed by atoms with Crippen LogP contribution in [0.1, 0.15) is 12.5 Å². The minimum atomic E-state index is 0.361. The third-order valence-corrected chi connectivity index (χ3v) is 3.26. The number of hydrogen-bond acceptors (Lipinski definition) is 5. The van der Waals surface area contributed by atoms with Crippen LogP contribution in [0.25, 0.3) is 17.3 Å². The lowest BCUT2D eigenvalue weighted by molar-refractivity contribution is 0.967. The lowest BCUT2D eigenvalue weighted by Gasteiger charge is -2.02. The third-order valence-electron chi connectivity index (χ3n) is 3.26. The first kappa shape index (κ1) is 15.6. The fourth-order valence-corrected chi connectivity index (χ4v) is 2.14. The minimum absolute atomic E-state index is 0.361. The third kappa shape index (κ3) is 4.33. The number of allylic oxidation sites excluding steroid dienone is 1. The molecule has 1 N–H and O–H groups in total. The Morgan fingerprint density at radius 1 is 1.00 bits per heavy atom. The largest absolute Gasteiger partial charge is 0.263 e. The van der Waals surface area contributed by atoms with Crippen molar-refractivity contribution in [2.45, 2.75) is 6.92 Å². The molecule has 0 spiro atoms. The predicted molar refractivity (Wildman–Crippen MR) is 97.5 cm³/mol. The number of hydrogen-bond donors (Lipinski definition) is 1. The molecule has 0 fully saturated rings. The zero-order valence-corrected chi connectivity index (χ0v) is 13.3. The first-order chi connectivity index (χ1) is 11.8. The molecule has 5 nitrogen and oxygen atoms in total. The molecular formula is C19H17N5. The first-order valence-corrected chi connectivity index (χ1v) is 7.59. The molecule has 0 saturated carbocycles. The molecule has 0 unspecified atom stereocenters. The maximum absolute atomic E-state index is 4.41. The summed E-state index contributed by atoms with van der Waals surface area (Å²) in [6, 6.07) is 19.9. The van der Waals surface area contributed by atoms with Crippen LogP contribution in [0.4, 0.5) is 5.95 Å². The highest BCUT2D eigenvalue weighted by Crippen LogP contribution is 2.15. The molecule has 3 rings (SSSR count). The molecule has 24 heavy (non-hydrogen) atoms. The summed E-state index contributed by atoms with van der Waals surface area (Å²) in [5, 5.41) is 12.1. The molecule has 1 aromatic heterocycles. The molecule has 0 aliphatic carbocycles. The Bertz CT molecular complexity index is 842. The van der Waals surface area contributed by atoms with Crippen molar-refractivity contribution in [2.75, 3.05) is 5.43 Å². The quantitative estimate of drug-likeness (QED) is 0.570. The Hall–Kier alpha value is -3.34. The van der Waals surface area contributed by atoms with Crippen molar-refractivity contribution in [1.82, 2.24) is 15.2 Å². The molecular weight excluding hydrogens is 298 g/mol. The molecule has 1 heterocycles. The summed E-state index contributed by atoms with van der Waals surface area (Å²) in [5.74, 6) is 0.361. The van der Waals surface area contributed by atoms with Crippen molar-refractivity contribution in [3.63, 3.8) is 0 Å². The smallest absolute Gasteiger partial charge is 0.244 e. The van der Waals surface area contributed by atoms with Gasteiger partial charge in [-0.25, -0.2) is 10.4 Å². The monoisotopic (exact) mass is 315 g/mol. The number of rotatable bonds is 5. The number of hydrazone groups is 1. The van der Waals surface area contributed by atoms with Crippen LogP contribution in [0.15, 0.2) is 77.5 Å². The normalized spacial score (nSPS) is 11.6. The van der Waals surface area contributed by atoms with E-state index in [1.165, 1.54) is 0 Å². The van der Waals surface area contributed by atoms with Gasteiger partial charge in [0.1, 0.15) is 0 Å². The average Bonchev–Trinajstić information content (AvgIpc) is 2.63. The molecule has 0 atom stereocenters. The zero-order chi connectivity index (χ0) is 16.6. The summed E-state index contributed by atoms with van der Waals surface area (Å²) in [5.41, 5.74) is 6.70. The Labute approximate surface area is 140 Å². The standard InChI is InChI=1S/C19H17N5/c1-15(12-16-8-4-2-5-9-16)13-20-23-19-22-18(14-21-24-19)17-10-6-3-7-11-17/h2-14H,1H3,(H,22,23,24)/b15-12+,20-13+. The maximum atomic E-state index is 4.41. The van der Waals surface area contributed by atoms with Gasteiger partial charge in [-0.05, 0) is 18.1 Å². The fourth-order valence-electron chi connectivity index (χ4n) is 2.14. The van der Waals surface area contributed by atoms with Crippen molar-refractivity contribution in [3.05, 3.63) is 78.0 Å². The number of benzene rings is 2. The van der Waals surface area contributed by atoms with Crippen molar-refractivity contribution in [1.29, 1.82) is 0 Å². The van der Waals surface area contributed by atoms with Gasteiger partial charge in [-0.2, -0.15) is 10.2 Å². The molecule has 0 aliphatic rings. The lowest BCUT2D eigenvalue weighted by Crippen LogP contribution is -1.99. The molecule has 0 amide bonds. The van der Waals surface area contributed by atoms with Crippen LogP contribution in [-0.2, 0) is 0 Å². The highest BCUT2D eigenvalue weighted by atomic mass is 15.4. The molecule has 0 aliphatic heterocycles. The molecule has 0 radical (unpaired) electrons. The van der Waals surface area contributed by atoms with Crippen LogP contribution in [0.3, 0.4) is 0 Å². The van der Waals surface area contributed by atoms with Gasteiger partial charge in [0.2, 0.25) is 0 Å². The van der Waals surface area contributed by atoms with Crippen LogP contribution < -0.4 is 5.43 Å². The Balaban J connectivity index is 1.67. The van der Waals surface area contributed by atoms with Crippen LogP contribution >= 0.6 is 0 Å². The van der Waals surface area contributed by atoms with Gasteiger partial charge in [-0.15, -0.1) is 5.10 Å². The summed E-state index contributed by atoms with van der Waals surface area (Å²) < 4.78 is 0. The van der Waals surface area contributed by atoms with Gasteiger partial charge in [0.25, 0.3) is 5.95 Å². The van der Waals surface area contributed by atoms with Gasteiger partial charge in [0.15, 0.2) is 0 Å². The number of nitrogens with zero attached hydrogens (tertiary/aromatic N) is 4. The lowest BCUT2D eigenvalue weighted by atomic mass is 10.1. The SMILES string of the molecule is CC(/C=N/Nc1nncc(-c2ccccc2)n1)=C\c1ccccc1. The zero-order valence-electron chi connectivity index (χ0n) is 13.3. The molecule has 2 aromatic carbocycles. The summed E-state index contributed by atoms with van der Waals surface area (Å²) in [6.45, 7) is 1.98. The van der Waals surface area contributed by atoms with E-state index in [-0.39, 0.29) is 0 Å². The van der Waals surface area contributed by atoms with Gasteiger partial charge in [-0.3, -0.25) is 0 Å². The highest BCUT2D eigenvalue weighted by molar-refractivity contribution is 5.85. The van der Waals surface area contributed by atoms with Crippen molar-refractivity contribution < 1.29 is 0 Å². The maximum Gasteiger partial charge on any atom is 0.263 e. The van der Waals surface area contributed by atoms with Crippen LogP contribution in [0.5, 0.6) is 0 Å². The van der Waals surface area contributed by atoms with E-state index in [0.29, 0.717) is 5.95 Å². The second kappa shape index (κ2) is 7.78. The summed E-state index contributed by atoms with van der Waals surface area (Å²) in [4.78, 5) is 4.41. The van der Waals surface area contributed by atoms with Gasteiger partial charge in [0.05, 0.1) is 18.1 Å². The minimum Gasteiger partial charge on any atom is -0.244 e. The summed E-state index contributed by atoms with van der Waals surface area (Å²) in [7, 11) is 0. The Kier molecular flexibility index (Phi) is 5.04. The van der Waals surface area contributed by atoms with E-state index >= 15 is 0 Å². The van der Waals surface area contributed by atoms with Gasteiger partial charge in [0, 0.05) is 5.56 Å². The van der Waals surface area contributed by atoms with E-state index in [1.807, 2.05) is 73.7 Å². The topological polar surface area (TPSA) is 63.1 Å². The Morgan fingerprint density at radius 2 is 1.71 bits per heavy atom. The van der Waals surface area contributed by atoms with Crippen molar-refractivity contribution in [2.24, 2.45) is 5.10 Å².